The molecule has 0 saturated carbocycles. The average molecular weight is 175 g/mol. The molecule has 0 bridgehead atoms. The van der Waals surface area contributed by atoms with Crippen LogP contribution in [0.25, 0.3) is 11.3 Å². The smallest absolute Gasteiger partial charge is 0.132 e. The predicted octanol–water partition coefficient (Wildman–Crippen LogP) is 2.32. The maximum atomic E-state index is 13.3. The summed E-state index contributed by atoms with van der Waals surface area (Å²) >= 11 is 0. The Morgan fingerprint density at radius 2 is 2.15 bits per heavy atom. The van der Waals surface area contributed by atoms with Crippen molar-refractivity contribution in [2.24, 2.45) is 0 Å². The van der Waals surface area contributed by atoms with Crippen LogP contribution in [0.1, 0.15) is 5.56 Å². The number of halogens is 1. The first-order valence-electron chi connectivity index (χ1n) is 3.96. The Balaban J connectivity index is 2.59. The number of hydrogen-bond acceptors (Lipinski definition) is 1. The van der Waals surface area contributed by atoms with Gasteiger partial charge in [0.1, 0.15) is 12.0 Å². The molecule has 0 aliphatic heterocycles. The Morgan fingerprint density at radius 1 is 1.38 bits per heavy atom. The van der Waals surface area contributed by atoms with Crippen molar-refractivity contribution in [3.8, 4) is 11.3 Å². The Morgan fingerprint density at radius 3 is 2.77 bits per heavy atom. The van der Waals surface area contributed by atoms with Crippen LogP contribution in [-0.4, -0.2) is 10.2 Å². The minimum absolute atomic E-state index is 0.247. The van der Waals surface area contributed by atoms with E-state index < -0.39 is 0 Å². The van der Waals surface area contributed by atoms with Crippen LogP contribution < -0.4 is 0 Å². The molecule has 0 aliphatic rings. The lowest BCUT2D eigenvalue weighted by Gasteiger charge is -1.99. The van der Waals surface area contributed by atoms with Gasteiger partial charge in [-0.2, -0.15) is 5.10 Å². The van der Waals surface area contributed by atoms with E-state index in [0.717, 1.165) is 5.56 Å². The van der Waals surface area contributed by atoms with E-state index in [1.54, 1.807) is 18.2 Å². The summed E-state index contributed by atoms with van der Waals surface area (Å²) < 4.78 is 13.3. The molecule has 0 unspecified atom stereocenters. The van der Waals surface area contributed by atoms with E-state index in [4.69, 9.17) is 0 Å². The third-order valence-electron chi connectivity index (χ3n) is 1.91. The van der Waals surface area contributed by atoms with Crippen LogP contribution in [0.3, 0.4) is 0 Å². The third-order valence-corrected chi connectivity index (χ3v) is 1.91. The molecule has 2 aromatic rings. The summed E-state index contributed by atoms with van der Waals surface area (Å²) in [6.07, 6.45) is 2.72. The lowest BCUT2D eigenvalue weighted by atomic mass is 10.1. The first-order chi connectivity index (χ1) is 6.29. The summed E-state index contributed by atoms with van der Waals surface area (Å²) in [5.74, 6) is -0.247. The van der Waals surface area contributed by atoms with Gasteiger partial charge < -0.3 is 0 Å². The van der Waals surface area contributed by atoms with E-state index in [2.05, 4.69) is 16.4 Å². The van der Waals surface area contributed by atoms with Crippen LogP contribution in [0.2, 0.25) is 0 Å². The average Bonchev–Trinajstić information content (AvgIpc) is 2.52. The number of rotatable bonds is 1. The molecule has 0 amide bonds. The third kappa shape index (κ3) is 1.33. The van der Waals surface area contributed by atoms with Gasteiger partial charge in [-0.25, -0.2) is 4.39 Å². The normalized spacial score (nSPS) is 10.3. The number of aryl methyl sites for hydroxylation is 1. The van der Waals surface area contributed by atoms with Gasteiger partial charge in [0, 0.05) is 11.1 Å². The molecule has 0 saturated heterocycles. The number of aromatic nitrogens is 2. The molecule has 1 N–H and O–H groups in total. The van der Waals surface area contributed by atoms with Gasteiger partial charge in [-0.1, -0.05) is 12.1 Å². The minimum atomic E-state index is -0.247. The second-order valence-electron chi connectivity index (χ2n) is 2.82. The topological polar surface area (TPSA) is 28.7 Å². The molecule has 65 valence electrons. The lowest BCUT2D eigenvalue weighted by molar-refractivity contribution is 0.630. The summed E-state index contributed by atoms with van der Waals surface area (Å²) in [6.45, 7) is 1.84. The maximum absolute atomic E-state index is 13.3. The summed E-state index contributed by atoms with van der Waals surface area (Å²) in [5.41, 5.74) is 2.05. The van der Waals surface area contributed by atoms with Crippen molar-refractivity contribution in [3.05, 3.63) is 41.8 Å². The molecule has 0 fully saturated rings. The van der Waals surface area contributed by atoms with Gasteiger partial charge >= 0.3 is 0 Å². The van der Waals surface area contributed by atoms with Crippen LogP contribution in [0.4, 0.5) is 4.39 Å². The molecule has 13 heavy (non-hydrogen) atoms. The van der Waals surface area contributed by atoms with Crippen LogP contribution in [0.5, 0.6) is 0 Å². The Kier molecular flexibility index (Phi) is 1.85. The zero-order valence-corrected chi connectivity index (χ0v) is 7.13. The number of benzene rings is 1. The van der Waals surface area contributed by atoms with Gasteiger partial charge in [0.05, 0.1) is 5.69 Å². The quantitative estimate of drug-likeness (QED) is 0.707. The molecular weight excluding hydrogens is 167 g/mol. The fraction of sp³-hybridized carbons (Fsp3) is 0.100. The molecule has 0 atom stereocenters. The lowest BCUT2D eigenvalue weighted by Crippen LogP contribution is -1.85. The van der Waals surface area contributed by atoms with Gasteiger partial charge in [-0.05, 0) is 19.1 Å². The molecular formula is C10H8FN2. The molecule has 1 aromatic carbocycles. The van der Waals surface area contributed by atoms with Gasteiger partial charge in [0.25, 0.3) is 0 Å². The van der Waals surface area contributed by atoms with Crippen molar-refractivity contribution >= 4 is 0 Å². The fourth-order valence-corrected chi connectivity index (χ4v) is 1.23. The highest BCUT2D eigenvalue weighted by atomic mass is 19.1. The van der Waals surface area contributed by atoms with Crippen molar-refractivity contribution in [1.29, 1.82) is 0 Å². The van der Waals surface area contributed by atoms with Crippen LogP contribution >= 0.6 is 0 Å². The molecule has 1 heterocycles. The van der Waals surface area contributed by atoms with Gasteiger partial charge in [-0.15, -0.1) is 0 Å². The van der Waals surface area contributed by atoms with Crippen molar-refractivity contribution in [3.63, 3.8) is 0 Å². The summed E-state index contributed by atoms with van der Waals surface area (Å²) in [7, 11) is 0. The summed E-state index contributed by atoms with van der Waals surface area (Å²) in [4.78, 5) is 0. The van der Waals surface area contributed by atoms with E-state index in [1.807, 2.05) is 6.92 Å². The zero-order chi connectivity index (χ0) is 9.26. The van der Waals surface area contributed by atoms with Crippen LogP contribution in [0, 0.1) is 18.9 Å². The standard InChI is InChI=1S/C10H8FN2/c1-7-6-12-13-10(7)8-4-2-3-5-9(8)11/h2-5H,1H3,(H,12,13). The molecule has 3 heteroatoms. The van der Waals surface area contributed by atoms with E-state index >= 15 is 0 Å². The van der Waals surface area contributed by atoms with E-state index in [9.17, 15) is 4.39 Å². The molecule has 0 aliphatic carbocycles. The van der Waals surface area contributed by atoms with Crippen LogP contribution in [0.15, 0.2) is 24.3 Å². The van der Waals surface area contributed by atoms with E-state index in [0.29, 0.717) is 11.3 Å². The highest BCUT2D eigenvalue weighted by molar-refractivity contribution is 5.62. The van der Waals surface area contributed by atoms with Crippen molar-refractivity contribution in [2.75, 3.05) is 0 Å². The fourth-order valence-electron chi connectivity index (χ4n) is 1.23. The minimum Gasteiger partial charge on any atom is -0.277 e. The molecule has 2 rings (SSSR count). The monoisotopic (exact) mass is 175 g/mol. The number of hydrogen-bond donors (Lipinski definition) is 1. The maximum Gasteiger partial charge on any atom is 0.132 e. The van der Waals surface area contributed by atoms with Crippen molar-refractivity contribution in [1.82, 2.24) is 10.2 Å². The highest BCUT2D eigenvalue weighted by Gasteiger charge is 2.07. The van der Waals surface area contributed by atoms with Gasteiger partial charge in [0.2, 0.25) is 0 Å². The zero-order valence-electron chi connectivity index (χ0n) is 7.13. The van der Waals surface area contributed by atoms with Crippen molar-refractivity contribution < 1.29 is 4.39 Å². The SMILES string of the molecule is Cc1[c]n[nH]c1-c1ccccc1F. The number of nitrogens with one attached hydrogen (secondary N) is 1. The van der Waals surface area contributed by atoms with E-state index in [1.165, 1.54) is 6.07 Å². The number of aromatic amines is 1. The molecule has 1 aromatic heterocycles. The van der Waals surface area contributed by atoms with Gasteiger partial charge in [0.15, 0.2) is 0 Å². The second-order valence-corrected chi connectivity index (χ2v) is 2.82. The predicted molar refractivity (Wildman–Crippen MR) is 47.6 cm³/mol. The van der Waals surface area contributed by atoms with Crippen LogP contribution in [-0.2, 0) is 0 Å². The number of H-pyrrole nitrogens is 1. The first kappa shape index (κ1) is 7.98. The highest BCUT2D eigenvalue weighted by Crippen LogP contribution is 2.22. The Bertz CT molecular complexity index is 420. The summed E-state index contributed by atoms with van der Waals surface area (Å²) in [6, 6.07) is 6.59. The summed E-state index contributed by atoms with van der Waals surface area (Å²) in [5, 5.41) is 6.44. The first-order valence-corrected chi connectivity index (χ1v) is 3.96. The molecule has 0 spiro atoms. The van der Waals surface area contributed by atoms with Gasteiger partial charge in [-0.3, -0.25) is 5.10 Å². The molecule has 2 nitrogen and oxygen atoms in total. The Hall–Kier alpha value is -1.64. The second kappa shape index (κ2) is 3.01. The molecule has 1 radical (unpaired) electrons. The number of nitrogens with zero attached hydrogens (tertiary/aromatic N) is 1. The largest absolute Gasteiger partial charge is 0.277 e. The van der Waals surface area contributed by atoms with Crippen molar-refractivity contribution in [2.45, 2.75) is 6.92 Å². The van der Waals surface area contributed by atoms with E-state index in [-0.39, 0.29) is 5.82 Å². The Labute approximate surface area is 75.4 Å².